The van der Waals surface area contributed by atoms with Gasteiger partial charge in [0.25, 0.3) is 5.91 Å². The lowest BCUT2D eigenvalue weighted by atomic mass is 10.1. The molecule has 3 rings (SSSR count). The van der Waals surface area contributed by atoms with E-state index in [9.17, 15) is 9.59 Å². The van der Waals surface area contributed by atoms with Gasteiger partial charge in [-0.1, -0.05) is 11.6 Å². The van der Waals surface area contributed by atoms with Gasteiger partial charge in [0, 0.05) is 16.5 Å². The Morgan fingerprint density at radius 1 is 1.29 bits per heavy atom. The summed E-state index contributed by atoms with van der Waals surface area (Å²) in [5.74, 6) is -1.28. The van der Waals surface area contributed by atoms with Gasteiger partial charge in [-0.3, -0.25) is 9.59 Å². The van der Waals surface area contributed by atoms with Crippen LogP contribution in [0.5, 0.6) is 0 Å². The first-order valence-corrected chi connectivity index (χ1v) is 7.13. The Labute approximate surface area is 125 Å². The van der Waals surface area contributed by atoms with Crippen LogP contribution in [0.15, 0.2) is 28.7 Å². The van der Waals surface area contributed by atoms with Gasteiger partial charge >= 0.3 is 5.97 Å². The van der Waals surface area contributed by atoms with E-state index in [1.165, 1.54) is 0 Å². The SMILES string of the molecule is O=C(N[C@@H]1CC[C@H](C(=O)O)C1)c1cc2cc(Cl)ccc2o1. The average molecular weight is 308 g/mol. The molecule has 1 aliphatic rings. The van der Waals surface area contributed by atoms with Crippen molar-refractivity contribution in [2.24, 2.45) is 5.92 Å². The monoisotopic (exact) mass is 307 g/mol. The fourth-order valence-electron chi connectivity index (χ4n) is 2.72. The molecule has 0 aliphatic heterocycles. The normalized spacial score (nSPS) is 21.6. The van der Waals surface area contributed by atoms with Crippen molar-refractivity contribution in [2.75, 3.05) is 0 Å². The van der Waals surface area contributed by atoms with Crippen LogP contribution in [0.3, 0.4) is 0 Å². The largest absolute Gasteiger partial charge is 0.481 e. The molecule has 1 amide bonds. The summed E-state index contributed by atoms with van der Waals surface area (Å²) in [6, 6.07) is 6.66. The molecule has 0 unspecified atom stereocenters. The van der Waals surface area contributed by atoms with Gasteiger partial charge in [-0.2, -0.15) is 0 Å². The van der Waals surface area contributed by atoms with E-state index in [0.717, 1.165) is 5.39 Å². The van der Waals surface area contributed by atoms with Crippen molar-refractivity contribution in [1.82, 2.24) is 5.32 Å². The molecular formula is C15H14ClNO4. The third-order valence-electron chi connectivity index (χ3n) is 3.82. The van der Waals surface area contributed by atoms with Crippen LogP contribution in [0.25, 0.3) is 11.0 Å². The second-order valence-corrected chi connectivity index (χ2v) is 5.75. The van der Waals surface area contributed by atoms with Crippen LogP contribution in [0.2, 0.25) is 5.02 Å². The van der Waals surface area contributed by atoms with Crippen molar-refractivity contribution >= 4 is 34.4 Å². The minimum Gasteiger partial charge on any atom is -0.481 e. The number of benzene rings is 1. The minimum atomic E-state index is -0.801. The molecule has 1 saturated carbocycles. The standard InChI is InChI=1S/C15H14ClNO4/c16-10-2-4-12-9(5-10)7-13(21-12)14(18)17-11-3-1-8(6-11)15(19)20/h2,4-5,7-8,11H,1,3,6H2,(H,17,18)(H,19,20)/t8-,11+/m0/s1. The van der Waals surface area contributed by atoms with Crippen LogP contribution in [0.1, 0.15) is 29.8 Å². The number of nitrogens with one attached hydrogen (secondary N) is 1. The van der Waals surface area contributed by atoms with Crippen LogP contribution < -0.4 is 5.32 Å². The van der Waals surface area contributed by atoms with Crippen LogP contribution in [-0.4, -0.2) is 23.0 Å². The second kappa shape index (κ2) is 5.41. The van der Waals surface area contributed by atoms with E-state index < -0.39 is 5.97 Å². The molecule has 5 nitrogen and oxygen atoms in total. The van der Waals surface area contributed by atoms with Gasteiger partial charge in [0.05, 0.1) is 5.92 Å². The smallest absolute Gasteiger partial charge is 0.306 e. The fourth-order valence-corrected chi connectivity index (χ4v) is 2.90. The topological polar surface area (TPSA) is 79.5 Å². The van der Waals surface area contributed by atoms with E-state index in [0.29, 0.717) is 29.9 Å². The summed E-state index contributed by atoms with van der Waals surface area (Å²) in [5.41, 5.74) is 0.597. The van der Waals surface area contributed by atoms with Gasteiger partial charge < -0.3 is 14.8 Å². The molecule has 110 valence electrons. The summed E-state index contributed by atoms with van der Waals surface area (Å²) in [6.07, 6.45) is 1.73. The number of carboxylic acid groups (broad SMARTS) is 1. The molecule has 2 aromatic rings. The fraction of sp³-hybridized carbons (Fsp3) is 0.333. The Morgan fingerprint density at radius 3 is 2.81 bits per heavy atom. The summed E-state index contributed by atoms with van der Waals surface area (Å²) in [7, 11) is 0. The van der Waals surface area contributed by atoms with E-state index in [2.05, 4.69) is 5.32 Å². The molecule has 0 bridgehead atoms. The zero-order chi connectivity index (χ0) is 15.0. The van der Waals surface area contributed by atoms with Crippen LogP contribution in [0, 0.1) is 5.92 Å². The van der Waals surface area contributed by atoms with E-state index in [-0.39, 0.29) is 23.6 Å². The number of fused-ring (bicyclic) bond motifs is 1. The maximum Gasteiger partial charge on any atom is 0.306 e. The first-order chi connectivity index (χ1) is 10.0. The average Bonchev–Trinajstić information content (AvgIpc) is 3.04. The summed E-state index contributed by atoms with van der Waals surface area (Å²) in [6.45, 7) is 0. The molecule has 1 fully saturated rings. The van der Waals surface area contributed by atoms with Crippen molar-refractivity contribution in [1.29, 1.82) is 0 Å². The minimum absolute atomic E-state index is 0.115. The number of halogens is 1. The summed E-state index contributed by atoms with van der Waals surface area (Å²) < 4.78 is 5.48. The molecule has 2 atom stereocenters. The summed E-state index contributed by atoms with van der Waals surface area (Å²) in [5, 5.41) is 13.1. The predicted molar refractivity (Wildman–Crippen MR) is 77.5 cm³/mol. The number of carboxylic acids is 1. The first kappa shape index (κ1) is 13.9. The molecule has 0 spiro atoms. The molecule has 6 heteroatoms. The maximum atomic E-state index is 12.1. The molecule has 1 aromatic heterocycles. The zero-order valence-electron chi connectivity index (χ0n) is 11.1. The highest BCUT2D eigenvalue weighted by molar-refractivity contribution is 6.31. The molecule has 2 N–H and O–H groups in total. The predicted octanol–water partition coefficient (Wildman–Crippen LogP) is 3.07. The molecule has 21 heavy (non-hydrogen) atoms. The highest BCUT2D eigenvalue weighted by atomic mass is 35.5. The Morgan fingerprint density at radius 2 is 2.10 bits per heavy atom. The van der Waals surface area contributed by atoms with E-state index >= 15 is 0 Å². The summed E-state index contributed by atoms with van der Waals surface area (Å²) in [4.78, 5) is 23.1. The number of aliphatic carboxylic acids is 1. The third-order valence-corrected chi connectivity index (χ3v) is 4.05. The Hall–Kier alpha value is -2.01. The van der Waals surface area contributed by atoms with Gasteiger partial charge in [0.15, 0.2) is 5.76 Å². The van der Waals surface area contributed by atoms with Crippen LogP contribution in [-0.2, 0) is 4.79 Å². The Kier molecular flexibility index (Phi) is 3.59. The number of carbonyl (C=O) groups is 2. The molecule has 1 heterocycles. The number of hydrogen-bond acceptors (Lipinski definition) is 3. The maximum absolute atomic E-state index is 12.1. The number of carbonyl (C=O) groups excluding carboxylic acids is 1. The van der Waals surface area contributed by atoms with E-state index in [1.54, 1.807) is 24.3 Å². The lowest BCUT2D eigenvalue weighted by Gasteiger charge is -2.10. The van der Waals surface area contributed by atoms with Gasteiger partial charge in [0.2, 0.25) is 0 Å². The first-order valence-electron chi connectivity index (χ1n) is 6.75. The van der Waals surface area contributed by atoms with E-state index in [1.807, 2.05) is 0 Å². The lowest BCUT2D eigenvalue weighted by Crippen LogP contribution is -2.33. The van der Waals surface area contributed by atoms with Crippen molar-refractivity contribution < 1.29 is 19.1 Å². The molecule has 0 saturated heterocycles. The van der Waals surface area contributed by atoms with Crippen LogP contribution >= 0.6 is 11.6 Å². The number of rotatable bonds is 3. The van der Waals surface area contributed by atoms with Crippen molar-refractivity contribution in [2.45, 2.75) is 25.3 Å². The molecular weight excluding hydrogens is 294 g/mol. The lowest BCUT2D eigenvalue weighted by molar-refractivity contribution is -0.141. The molecule has 1 aromatic carbocycles. The number of amides is 1. The van der Waals surface area contributed by atoms with E-state index in [4.69, 9.17) is 21.1 Å². The quantitative estimate of drug-likeness (QED) is 0.913. The van der Waals surface area contributed by atoms with Gasteiger partial charge in [-0.25, -0.2) is 0 Å². The third kappa shape index (κ3) is 2.88. The summed E-state index contributed by atoms with van der Waals surface area (Å²) >= 11 is 5.89. The second-order valence-electron chi connectivity index (χ2n) is 5.31. The zero-order valence-corrected chi connectivity index (χ0v) is 11.9. The van der Waals surface area contributed by atoms with Crippen LogP contribution in [0.4, 0.5) is 0 Å². The van der Waals surface area contributed by atoms with Gasteiger partial charge in [-0.15, -0.1) is 0 Å². The molecule has 0 radical (unpaired) electrons. The highest BCUT2D eigenvalue weighted by Crippen LogP contribution is 2.27. The van der Waals surface area contributed by atoms with Crippen molar-refractivity contribution in [3.63, 3.8) is 0 Å². The molecule has 1 aliphatic carbocycles. The Balaban J connectivity index is 1.71. The van der Waals surface area contributed by atoms with Crippen molar-refractivity contribution in [3.8, 4) is 0 Å². The van der Waals surface area contributed by atoms with Gasteiger partial charge in [0.1, 0.15) is 5.58 Å². The number of hydrogen-bond donors (Lipinski definition) is 2. The Bertz CT molecular complexity index is 709. The highest BCUT2D eigenvalue weighted by Gasteiger charge is 2.31. The van der Waals surface area contributed by atoms with Crippen molar-refractivity contribution in [3.05, 3.63) is 35.0 Å². The number of furan rings is 1. The van der Waals surface area contributed by atoms with Gasteiger partial charge in [-0.05, 0) is 43.5 Å².